The van der Waals surface area contributed by atoms with Crippen LogP contribution in [0.4, 0.5) is 10.8 Å². The number of thioether (sulfide) groups is 1. The Bertz CT molecular complexity index is 1020. The molecule has 7 nitrogen and oxygen atoms in total. The normalized spacial score (nSPS) is 10.4. The van der Waals surface area contributed by atoms with Crippen LogP contribution >= 0.6 is 23.1 Å². The monoisotopic (exact) mass is 428 g/mol. The number of nitrogens with one attached hydrogen (secondary N) is 2. The molecule has 3 aromatic rings. The van der Waals surface area contributed by atoms with E-state index >= 15 is 0 Å². The van der Waals surface area contributed by atoms with Gasteiger partial charge in [-0.15, -0.1) is 10.2 Å². The topological polar surface area (TPSA) is 93.2 Å². The Hall–Kier alpha value is -2.91. The molecule has 1 heterocycles. The zero-order chi connectivity index (χ0) is 20.8. The van der Waals surface area contributed by atoms with Crippen LogP contribution in [0, 0.1) is 13.8 Å². The standard InChI is InChI=1S/C20H20N4O3S2/c1-12-7-13(2)9-14(8-12)18(26)22-19-23-24-20(29-19)28-11-17(25)21-15-5-4-6-16(10-15)27-3/h4-10H,11H2,1-3H3,(H,21,25)(H,22,23,26). The fourth-order valence-electron chi connectivity index (χ4n) is 2.62. The first-order valence-electron chi connectivity index (χ1n) is 8.73. The summed E-state index contributed by atoms with van der Waals surface area (Å²) in [6, 6.07) is 12.8. The van der Waals surface area contributed by atoms with E-state index in [1.54, 1.807) is 31.4 Å². The second kappa shape index (κ2) is 9.53. The summed E-state index contributed by atoms with van der Waals surface area (Å²) in [7, 11) is 1.57. The molecular weight excluding hydrogens is 408 g/mol. The number of aryl methyl sites for hydroxylation is 2. The van der Waals surface area contributed by atoms with Crippen LogP contribution in [0.25, 0.3) is 0 Å². The van der Waals surface area contributed by atoms with Gasteiger partial charge >= 0.3 is 0 Å². The molecule has 0 unspecified atom stereocenters. The van der Waals surface area contributed by atoms with E-state index < -0.39 is 0 Å². The average molecular weight is 429 g/mol. The molecule has 0 atom stereocenters. The summed E-state index contributed by atoms with van der Waals surface area (Å²) in [6.45, 7) is 3.89. The highest BCUT2D eigenvalue weighted by atomic mass is 32.2. The number of hydrogen-bond acceptors (Lipinski definition) is 7. The van der Waals surface area contributed by atoms with Crippen LogP contribution in [0.2, 0.25) is 0 Å². The third-order valence-corrected chi connectivity index (χ3v) is 5.76. The van der Waals surface area contributed by atoms with Crippen molar-refractivity contribution in [3.05, 3.63) is 59.2 Å². The Labute approximate surface area is 176 Å². The lowest BCUT2D eigenvalue weighted by Crippen LogP contribution is -2.13. The molecule has 2 amide bonds. The molecule has 2 aromatic carbocycles. The number of anilines is 2. The lowest BCUT2D eigenvalue weighted by atomic mass is 10.1. The second-order valence-corrected chi connectivity index (χ2v) is 8.47. The molecule has 0 saturated heterocycles. The van der Waals surface area contributed by atoms with Crippen LogP contribution in [0.1, 0.15) is 21.5 Å². The highest BCUT2D eigenvalue weighted by Crippen LogP contribution is 2.26. The molecule has 0 bridgehead atoms. The van der Waals surface area contributed by atoms with Gasteiger partial charge in [-0.2, -0.15) is 0 Å². The largest absolute Gasteiger partial charge is 0.497 e. The highest BCUT2D eigenvalue weighted by molar-refractivity contribution is 8.01. The van der Waals surface area contributed by atoms with Gasteiger partial charge in [0.25, 0.3) is 5.91 Å². The zero-order valence-corrected chi connectivity index (χ0v) is 17.8. The summed E-state index contributed by atoms with van der Waals surface area (Å²) < 4.78 is 5.74. The molecule has 0 aliphatic carbocycles. The highest BCUT2D eigenvalue weighted by Gasteiger charge is 2.13. The molecule has 0 aliphatic rings. The number of ether oxygens (including phenoxy) is 1. The van der Waals surface area contributed by atoms with E-state index in [4.69, 9.17) is 4.74 Å². The van der Waals surface area contributed by atoms with Gasteiger partial charge in [-0.05, 0) is 38.1 Å². The Morgan fingerprint density at radius 1 is 1.07 bits per heavy atom. The number of methoxy groups -OCH3 is 1. The third-order valence-electron chi connectivity index (χ3n) is 3.79. The van der Waals surface area contributed by atoms with Crippen molar-refractivity contribution in [2.75, 3.05) is 23.5 Å². The smallest absolute Gasteiger partial charge is 0.257 e. The maximum absolute atomic E-state index is 12.4. The molecule has 0 spiro atoms. The maximum Gasteiger partial charge on any atom is 0.257 e. The summed E-state index contributed by atoms with van der Waals surface area (Å²) in [4.78, 5) is 24.5. The van der Waals surface area contributed by atoms with Crippen molar-refractivity contribution in [2.45, 2.75) is 18.2 Å². The molecular formula is C20H20N4O3S2. The molecule has 1 aromatic heterocycles. The molecule has 3 rings (SSSR count). The SMILES string of the molecule is COc1cccc(NC(=O)CSc2nnc(NC(=O)c3cc(C)cc(C)c3)s2)c1. The first-order valence-corrected chi connectivity index (χ1v) is 10.5. The second-order valence-electron chi connectivity index (χ2n) is 6.27. The van der Waals surface area contributed by atoms with Gasteiger partial charge in [-0.25, -0.2) is 0 Å². The van der Waals surface area contributed by atoms with Crippen LogP contribution < -0.4 is 15.4 Å². The van der Waals surface area contributed by atoms with E-state index in [-0.39, 0.29) is 17.6 Å². The van der Waals surface area contributed by atoms with E-state index in [1.807, 2.05) is 32.0 Å². The fourth-order valence-corrected chi connectivity index (χ4v) is 4.17. The molecule has 0 saturated carbocycles. The van der Waals surface area contributed by atoms with Gasteiger partial charge in [-0.1, -0.05) is 46.4 Å². The Morgan fingerprint density at radius 2 is 1.83 bits per heavy atom. The Balaban J connectivity index is 1.53. The van der Waals surface area contributed by atoms with E-state index in [1.165, 1.54) is 23.1 Å². The van der Waals surface area contributed by atoms with Crippen LogP contribution in [-0.2, 0) is 4.79 Å². The zero-order valence-electron chi connectivity index (χ0n) is 16.2. The van der Waals surface area contributed by atoms with Crippen LogP contribution in [0.15, 0.2) is 46.8 Å². The summed E-state index contributed by atoms with van der Waals surface area (Å²) in [5, 5.41) is 13.9. The van der Waals surface area contributed by atoms with Gasteiger partial charge in [0, 0.05) is 17.3 Å². The first kappa shape index (κ1) is 20.8. The van der Waals surface area contributed by atoms with Crippen LogP contribution in [0.5, 0.6) is 5.75 Å². The van der Waals surface area contributed by atoms with Gasteiger partial charge < -0.3 is 10.1 Å². The van der Waals surface area contributed by atoms with Crippen molar-refractivity contribution in [3.63, 3.8) is 0 Å². The number of carbonyl (C=O) groups is 2. The van der Waals surface area contributed by atoms with E-state index in [9.17, 15) is 9.59 Å². The maximum atomic E-state index is 12.4. The number of rotatable bonds is 7. The molecule has 0 fully saturated rings. The van der Waals surface area contributed by atoms with Gasteiger partial charge in [-0.3, -0.25) is 14.9 Å². The molecule has 0 aliphatic heterocycles. The van der Waals surface area contributed by atoms with E-state index in [0.717, 1.165) is 11.1 Å². The number of hydrogen-bond donors (Lipinski definition) is 2. The van der Waals surface area contributed by atoms with Gasteiger partial charge in [0.2, 0.25) is 11.0 Å². The minimum absolute atomic E-state index is 0.167. The molecule has 2 N–H and O–H groups in total. The summed E-state index contributed by atoms with van der Waals surface area (Å²) >= 11 is 2.48. The average Bonchev–Trinajstić information content (AvgIpc) is 3.13. The van der Waals surface area contributed by atoms with E-state index in [0.29, 0.717) is 26.5 Å². The Morgan fingerprint density at radius 3 is 2.55 bits per heavy atom. The minimum Gasteiger partial charge on any atom is -0.497 e. The van der Waals surface area contributed by atoms with Gasteiger partial charge in [0.1, 0.15) is 5.75 Å². The van der Waals surface area contributed by atoms with Crippen LogP contribution in [-0.4, -0.2) is 34.9 Å². The number of carbonyl (C=O) groups excluding carboxylic acids is 2. The third kappa shape index (κ3) is 6.03. The predicted molar refractivity (Wildman–Crippen MR) is 116 cm³/mol. The Kier molecular flexibility index (Phi) is 6.84. The predicted octanol–water partition coefficient (Wildman–Crippen LogP) is 4.15. The number of nitrogens with zero attached hydrogens (tertiary/aromatic N) is 2. The van der Waals surface area contributed by atoms with Crippen molar-refractivity contribution < 1.29 is 14.3 Å². The quantitative estimate of drug-likeness (QED) is 0.434. The fraction of sp³-hybridized carbons (Fsp3) is 0.200. The molecule has 29 heavy (non-hydrogen) atoms. The summed E-state index contributed by atoms with van der Waals surface area (Å²) in [5.74, 6) is 0.444. The van der Waals surface area contributed by atoms with Crippen molar-refractivity contribution in [1.82, 2.24) is 10.2 Å². The number of benzene rings is 2. The summed E-state index contributed by atoms with van der Waals surface area (Å²) in [5.41, 5.74) is 3.27. The number of aromatic nitrogens is 2. The lowest BCUT2D eigenvalue weighted by Gasteiger charge is -2.06. The van der Waals surface area contributed by atoms with Crippen molar-refractivity contribution in [3.8, 4) is 5.75 Å². The molecule has 9 heteroatoms. The first-order chi connectivity index (χ1) is 13.9. The molecule has 150 valence electrons. The summed E-state index contributed by atoms with van der Waals surface area (Å²) in [6.07, 6.45) is 0. The van der Waals surface area contributed by atoms with Crippen molar-refractivity contribution >= 4 is 45.7 Å². The molecule has 0 radical (unpaired) electrons. The van der Waals surface area contributed by atoms with Crippen LogP contribution in [0.3, 0.4) is 0 Å². The van der Waals surface area contributed by atoms with Crippen molar-refractivity contribution in [2.24, 2.45) is 0 Å². The lowest BCUT2D eigenvalue weighted by molar-refractivity contribution is -0.113. The van der Waals surface area contributed by atoms with Gasteiger partial charge in [0.05, 0.1) is 12.9 Å². The minimum atomic E-state index is -0.236. The number of amides is 2. The van der Waals surface area contributed by atoms with Crippen molar-refractivity contribution in [1.29, 1.82) is 0 Å². The van der Waals surface area contributed by atoms with Gasteiger partial charge in [0.15, 0.2) is 4.34 Å². The van der Waals surface area contributed by atoms with E-state index in [2.05, 4.69) is 20.8 Å².